The minimum Gasteiger partial charge on any atom is -0.332 e. The molecule has 3 aromatic rings. The molecule has 3 aromatic carbocycles. The number of carbonyl (C=O) groups excluding carboxylic acids is 1. The van der Waals surface area contributed by atoms with Gasteiger partial charge in [0, 0.05) is 38.3 Å². The summed E-state index contributed by atoms with van der Waals surface area (Å²) in [5.74, 6) is -0.117. The molecular weight excluding hydrogens is 541 g/mol. The van der Waals surface area contributed by atoms with Crippen LogP contribution in [-0.2, 0) is 14.8 Å². The van der Waals surface area contributed by atoms with E-state index in [1.807, 2.05) is 36.4 Å². The van der Waals surface area contributed by atoms with Crippen LogP contribution in [0.15, 0.2) is 89.8 Å². The lowest BCUT2D eigenvalue weighted by Gasteiger charge is -2.39. The zero-order valence-corrected chi connectivity index (χ0v) is 24.6. The fourth-order valence-electron chi connectivity index (χ4n) is 5.01. The highest BCUT2D eigenvalue weighted by molar-refractivity contribution is 7.89. The van der Waals surface area contributed by atoms with Crippen LogP contribution in [0.25, 0.3) is 0 Å². The van der Waals surface area contributed by atoms with Gasteiger partial charge >= 0.3 is 0 Å². The summed E-state index contributed by atoms with van der Waals surface area (Å²) in [4.78, 5) is 14.7. The van der Waals surface area contributed by atoms with E-state index in [-0.39, 0.29) is 22.0 Å². The minimum atomic E-state index is -3.64. The number of carbonyl (C=O) groups is 1. The monoisotopic (exact) mass is 578 g/mol. The Balaban J connectivity index is 1.34. The summed E-state index contributed by atoms with van der Waals surface area (Å²) < 4.78 is 28.4. The van der Waals surface area contributed by atoms with Crippen LogP contribution < -0.4 is 10.6 Å². The number of anilines is 1. The molecule has 0 spiro atoms. The maximum absolute atomic E-state index is 13.4. The molecule has 1 saturated heterocycles. The van der Waals surface area contributed by atoms with Crippen molar-refractivity contribution in [3.63, 3.8) is 0 Å². The lowest BCUT2D eigenvalue weighted by molar-refractivity contribution is -0.119. The third-order valence-corrected chi connectivity index (χ3v) is 9.25. The second-order valence-corrected chi connectivity index (χ2v) is 12.3. The first-order valence-corrected chi connectivity index (χ1v) is 15.8. The smallest absolute Gasteiger partial charge is 0.243 e. The van der Waals surface area contributed by atoms with Gasteiger partial charge < -0.3 is 10.6 Å². The number of nitrogens with zero attached hydrogens (tertiary/aromatic N) is 2. The van der Waals surface area contributed by atoms with Crippen LogP contribution in [0.5, 0.6) is 0 Å². The van der Waals surface area contributed by atoms with Crippen LogP contribution in [0, 0.1) is 0 Å². The molecule has 0 saturated carbocycles. The molecule has 9 heteroatoms. The van der Waals surface area contributed by atoms with Gasteiger partial charge in [-0.3, -0.25) is 9.69 Å². The molecule has 0 aromatic heterocycles. The molecule has 0 radical (unpaired) electrons. The fraction of sp³-hybridized carbons (Fsp3) is 0.355. The van der Waals surface area contributed by atoms with E-state index in [9.17, 15) is 13.2 Å². The first-order chi connectivity index (χ1) is 19.4. The Morgan fingerprint density at radius 2 is 1.40 bits per heavy atom. The molecule has 0 atom stereocenters. The van der Waals surface area contributed by atoms with E-state index < -0.39 is 10.0 Å². The molecule has 4 rings (SSSR count). The average molecular weight is 579 g/mol. The zero-order valence-electron chi connectivity index (χ0n) is 23.0. The van der Waals surface area contributed by atoms with Crippen molar-refractivity contribution in [2.75, 3.05) is 31.5 Å². The van der Waals surface area contributed by atoms with Gasteiger partial charge in [-0.15, -0.1) is 0 Å². The summed E-state index contributed by atoms with van der Waals surface area (Å²) in [6.45, 7) is 4.20. The van der Waals surface area contributed by atoms with Crippen molar-refractivity contribution in [2.45, 2.75) is 50.0 Å². The Morgan fingerprint density at radius 1 is 0.825 bits per heavy atom. The van der Waals surface area contributed by atoms with Gasteiger partial charge in [-0.1, -0.05) is 86.8 Å². The number of rotatable bonds is 11. The Hall–Kier alpha value is -3.11. The van der Waals surface area contributed by atoms with Crippen LogP contribution >= 0.6 is 12.2 Å². The summed E-state index contributed by atoms with van der Waals surface area (Å²) in [7, 11) is -3.64. The summed E-state index contributed by atoms with van der Waals surface area (Å²) in [6, 6.07) is 27.3. The fourth-order valence-corrected chi connectivity index (χ4v) is 6.66. The van der Waals surface area contributed by atoms with Crippen LogP contribution in [0.3, 0.4) is 0 Å². The lowest BCUT2D eigenvalue weighted by atomic mass is 9.96. The highest BCUT2D eigenvalue weighted by atomic mass is 32.2. The van der Waals surface area contributed by atoms with E-state index in [4.69, 9.17) is 12.2 Å². The Labute approximate surface area is 243 Å². The Kier molecular flexibility index (Phi) is 10.8. The van der Waals surface area contributed by atoms with Gasteiger partial charge in [-0.05, 0) is 54.0 Å². The van der Waals surface area contributed by atoms with Crippen molar-refractivity contribution in [3.8, 4) is 0 Å². The third kappa shape index (κ3) is 7.97. The summed E-state index contributed by atoms with van der Waals surface area (Å²) in [6.07, 6.45) is 4.52. The number of amides is 1. The lowest BCUT2D eigenvalue weighted by Crippen LogP contribution is -2.49. The van der Waals surface area contributed by atoms with Crippen molar-refractivity contribution >= 4 is 38.9 Å². The van der Waals surface area contributed by atoms with Crippen molar-refractivity contribution in [3.05, 3.63) is 96.1 Å². The predicted octanol–water partition coefficient (Wildman–Crippen LogP) is 5.57. The van der Waals surface area contributed by atoms with Gasteiger partial charge in [0.1, 0.15) is 0 Å². The number of nitrogens with one attached hydrogen (secondary N) is 2. The maximum atomic E-state index is 13.4. The number of piperazine rings is 1. The van der Waals surface area contributed by atoms with Crippen LogP contribution in [0.1, 0.15) is 56.2 Å². The van der Waals surface area contributed by atoms with E-state index in [2.05, 4.69) is 46.7 Å². The van der Waals surface area contributed by atoms with Gasteiger partial charge in [0.15, 0.2) is 5.11 Å². The molecule has 2 N–H and O–H groups in total. The van der Waals surface area contributed by atoms with Crippen LogP contribution in [-0.4, -0.2) is 54.8 Å². The minimum absolute atomic E-state index is 0.0679. The number of unbranched alkanes of at least 4 members (excludes halogenated alkanes) is 3. The Bertz CT molecular complexity index is 1300. The Morgan fingerprint density at radius 3 is 1.95 bits per heavy atom. The number of sulfonamides is 1. The SMILES string of the molecule is CCCCCCC(=O)NC(=S)Nc1ccc(S(=O)(=O)N2CCN(C(c3ccccc3)c3ccccc3)CC2)cc1. The standard InChI is InChI=1S/C31H38N4O3S2/c1-2-3-4-11-16-29(36)33-31(39)32-27-17-19-28(20-18-27)40(37,38)35-23-21-34(22-24-35)30(25-12-7-5-8-13-25)26-14-9-6-10-15-26/h5-10,12-15,17-20,30H,2-4,11,16,21-24H2,1H3,(H2,32,33,36,39). The molecule has 0 aliphatic carbocycles. The van der Waals surface area contributed by atoms with Crippen LogP contribution in [0.4, 0.5) is 5.69 Å². The highest BCUT2D eigenvalue weighted by Crippen LogP contribution is 2.30. The number of thiocarbonyl (C=S) groups is 1. The summed E-state index contributed by atoms with van der Waals surface area (Å²) in [5.41, 5.74) is 3.01. The number of hydrogen-bond acceptors (Lipinski definition) is 5. The van der Waals surface area contributed by atoms with Crippen molar-refractivity contribution < 1.29 is 13.2 Å². The predicted molar refractivity (Wildman–Crippen MR) is 165 cm³/mol. The van der Waals surface area contributed by atoms with E-state index >= 15 is 0 Å². The van der Waals surface area contributed by atoms with Crippen molar-refractivity contribution in [1.82, 2.24) is 14.5 Å². The quantitative estimate of drug-likeness (QED) is 0.229. The first-order valence-electron chi connectivity index (χ1n) is 13.9. The highest BCUT2D eigenvalue weighted by Gasteiger charge is 2.32. The molecule has 1 aliphatic heterocycles. The maximum Gasteiger partial charge on any atom is 0.243 e. The molecular formula is C31H38N4O3S2. The van der Waals surface area contributed by atoms with E-state index in [1.165, 1.54) is 11.1 Å². The van der Waals surface area contributed by atoms with E-state index in [0.717, 1.165) is 25.7 Å². The van der Waals surface area contributed by atoms with E-state index in [1.54, 1.807) is 28.6 Å². The second kappa shape index (κ2) is 14.5. The van der Waals surface area contributed by atoms with Crippen molar-refractivity contribution in [2.24, 2.45) is 0 Å². The average Bonchev–Trinajstić information content (AvgIpc) is 2.97. The van der Waals surface area contributed by atoms with Gasteiger partial charge in [-0.2, -0.15) is 4.31 Å². The van der Waals surface area contributed by atoms with Crippen LogP contribution in [0.2, 0.25) is 0 Å². The number of hydrogen-bond donors (Lipinski definition) is 2. The zero-order chi connectivity index (χ0) is 28.4. The molecule has 1 fully saturated rings. The van der Waals surface area contributed by atoms with Crippen molar-refractivity contribution in [1.29, 1.82) is 0 Å². The van der Waals surface area contributed by atoms with Gasteiger partial charge in [0.2, 0.25) is 15.9 Å². The van der Waals surface area contributed by atoms with Gasteiger partial charge in [0.05, 0.1) is 10.9 Å². The molecule has 212 valence electrons. The summed E-state index contributed by atoms with van der Waals surface area (Å²) >= 11 is 5.25. The van der Waals surface area contributed by atoms with Gasteiger partial charge in [0.25, 0.3) is 0 Å². The molecule has 0 unspecified atom stereocenters. The summed E-state index contributed by atoms with van der Waals surface area (Å²) in [5, 5.41) is 5.86. The second-order valence-electron chi connectivity index (χ2n) is 10.0. The number of benzene rings is 3. The molecule has 7 nitrogen and oxygen atoms in total. The normalized spacial score (nSPS) is 14.7. The molecule has 1 aliphatic rings. The largest absolute Gasteiger partial charge is 0.332 e. The molecule has 1 heterocycles. The third-order valence-electron chi connectivity index (χ3n) is 7.13. The molecule has 40 heavy (non-hydrogen) atoms. The first kappa shape index (κ1) is 29.9. The molecule has 0 bridgehead atoms. The van der Waals surface area contributed by atoms with Gasteiger partial charge in [-0.25, -0.2) is 8.42 Å². The molecule has 1 amide bonds. The topological polar surface area (TPSA) is 81.8 Å². The van der Waals surface area contributed by atoms with E-state index in [0.29, 0.717) is 38.3 Å².